The van der Waals surface area contributed by atoms with E-state index < -0.39 is 0 Å². The van der Waals surface area contributed by atoms with Crippen molar-refractivity contribution < 1.29 is 9.53 Å². The number of rotatable bonds is 6. The van der Waals surface area contributed by atoms with E-state index in [1.165, 1.54) is 16.7 Å². The van der Waals surface area contributed by atoms with Gasteiger partial charge in [-0.15, -0.1) is 0 Å². The topological polar surface area (TPSA) is 29.5 Å². The standard InChI is InChI=1S/C22H27NO2/c1-17(2)16-25-22(24)15-23-13-12-19-10-6-7-11-20(19)21(23)14-18-8-4-3-5-9-18/h3-11,17,21H,12-16H2,1-2H3. The number of ether oxygens (including phenoxy) is 1. The molecular formula is C22H27NO2. The number of benzene rings is 2. The van der Waals surface area contributed by atoms with E-state index in [1.54, 1.807) is 0 Å². The monoisotopic (exact) mass is 337 g/mol. The van der Waals surface area contributed by atoms with E-state index in [2.05, 4.69) is 67.3 Å². The summed E-state index contributed by atoms with van der Waals surface area (Å²) in [6.45, 7) is 5.86. The van der Waals surface area contributed by atoms with Crippen molar-refractivity contribution in [2.24, 2.45) is 5.92 Å². The quantitative estimate of drug-likeness (QED) is 0.746. The lowest BCUT2D eigenvalue weighted by Gasteiger charge is -2.37. The van der Waals surface area contributed by atoms with Crippen LogP contribution in [0.25, 0.3) is 0 Å². The van der Waals surface area contributed by atoms with Crippen LogP contribution in [0.5, 0.6) is 0 Å². The molecule has 3 nitrogen and oxygen atoms in total. The van der Waals surface area contributed by atoms with Gasteiger partial charge in [0.05, 0.1) is 13.2 Å². The summed E-state index contributed by atoms with van der Waals surface area (Å²) >= 11 is 0. The molecular weight excluding hydrogens is 310 g/mol. The van der Waals surface area contributed by atoms with Crippen LogP contribution < -0.4 is 0 Å². The van der Waals surface area contributed by atoms with E-state index in [4.69, 9.17) is 4.74 Å². The molecule has 0 saturated carbocycles. The maximum absolute atomic E-state index is 12.3. The predicted molar refractivity (Wildman–Crippen MR) is 100 cm³/mol. The van der Waals surface area contributed by atoms with Crippen LogP contribution in [0.1, 0.15) is 36.6 Å². The zero-order chi connectivity index (χ0) is 17.6. The molecule has 1 atom stereocenters. The molecule has 132 valence electrons. The van der Waals surface area contributed by atoms with Gasteiger partial charge in [0.15, 0.2) is 0 Å². The van der Waals surface area contributed by atoms with Crippen LogP contribution in [-0.2, 0) is 22.4 Å². The molecule has 2 aromatic carbocycles. The second kappa shape index (κ2) is 8.30. The van der Waals surface area contributed by atoms with Gasteiger partial charge < -0.3 is 4.74 Å². The summed E-state index contributed by atoms with van der Waals surface area (Å²) in [4.78, 5) is 14.5. The lowest BCUT2D eigenvalue weighted by Crippen LogP contribution is -2.40. The van der Waals surface area contributed by atoms with Gasteiger partial charge in [-0.05, 0) is 35.4 Å². The highest BCUT2D eigenvalue weighted by atomic mass is 16.5. The molecule has 0 saturated heterocycles. The van der Waals surface area contributed by atoms with Crippen LogP contribution in [0.4, 0.5) is 0 Å². The molecule has 1 unspecified atom stereocenters. The third-order valence-corrected chi connectivity index (χ3v) is 4.70. The number of fused-ring (bicyclic) bond motifs is 1. The Kier molecular flexibility index (Phi) is 5.87. The number of carbonyl (C=O) groups excluding carboxylic acids is 1. The first kappa shape index (κ1) is 17.7. The van der Waals surface area contributed by atoms with Crippen molar-refractivity contribution in [3.05, 3.63) is 71.3 Å². The average molecular weight is 337 g/mol. The van der Waals surface area contributed by atoms with E-state index in [9.17, 15) is 4.79 Å². The highest BCUT2D eigenvalue weighted by Crippen LogP contribution is 2.32. The van der Waals surface area contributed by atoms with Gasteiger partial charge >= 0.3 is 5.97 Å². The van der Waals surface area contributed by atoms with Gasteiger partial charge in [0.25, 0.3) is 0 Å². The molecule has 1 aliphatic rings. The molecule has 1 heterocycles. The van der Waals surface area contributed by atoms with Gasteiger partial charge in [0.1, 0.15) is 0 Å². The van der Waals surface area contributed by atoms with Crippen molar-refractivity contribution in [3.8, 4) is 0 Å². The van der Waals surface area contributed by atoms with Crippen molar-refractivity contribution in [3.63, 3.8) is 0 Å². The first-order chi connectivity index (χ1) is 12.1. The number of nitrogens with zero attached hydrogens (tertiary/aromatic N) is 1. The Morgan fingerprint density at radius 2 is 1.84 bits per heavy atom. The van der Waals surface area contributed by atoms with Crippen LogP contribution >= 0.6 is 0 Å². The SMILES string of the molecule is CC(C)COC(=O)CN1CCc2ccccc2C1Cc1ccccc1. The van der Waals surface area contributed by atoms with E-state index >= 15 is 0 Å². The second-order valence-electron chi connectivity index (χ2n) is 7.20. The summed E-state index contributed by atoms with van der Waals surface area (Å²) < 4.78 is 5.41. The highest BCUT2D eigenvalue weighted by Gasteiger charge is 2.29. The summed E-state index contributed by atoms with van der Waals surface area (Å²) in [7, 11) is 0. The number of hydrogen-bond donors (Lipinski definition) is 0. The number of hydrogen-bond acceptors (Lipinski definition) is 3. The van der Waals surface area contributed by atoms with Crippen LogP contribution in [0.15, 0.2) is 54.6 Å². The van der Waals surface area contributed by atoms with Crippen LogP contribution in [-0.4, -0.2) is 30.6 Å². The molecule has 1 aliphatic heterocycles. The van der Waals surface area contributed by atoms with E-state index in [0.29, 0.717) is 19.1 Å². The van der Waals surface area contributed by atoms with E-state index in [1.807, 2.05) is 6.07 Å². The number of esters is 1. The third-order valence-electron chi connectivity index (χ3n) is 4.70. The summed E-state index contributed by atoms with van der Waals surface area (Å²) in [5.74, 6) is 0.247. The fraction of sp³-hybridized carbons (Fsp3) is 0.409. The Morgan fingerprint density at radius 1 is 1.12 bits per heavy atom. The van der Waals surface area contributed by atoms with Crippen molar-refractivity contribution in [1.82, 2.24) is 4.90 Å². The number of carbonyl (C=O) groups is 1. The largest absolute Gasteiger partial charge is 0.464 e. The first-order valence-corrected chi connectivity index (χ1v) is 9.15. The summed E-state index contributed by atoms with van der Waals surface area (Å²) in [6, 6.07) is 19.3. The van der Waals surface area contributed by atoms with Gasteiger partial charge in [-0.3, -0.25) is 9.69 Å². The Bertz CT molecular complexity index is 696. The lowest BCUT2D eigenvalue weighted by atomic mass is 9.89. The van der Waals surface area contributed by atoms with Gasteiger partial charge in [0, 0.05) is 12.6 Å². The van der Waals surface area contributed by atoms with Crippen LogP contribution in [0.3, 0.4) is 0 Å². The molecule has 0 aliphatic carbocycles. The molecule has 0 spiro atoms. The molecule has 0 bridgehead atoms. The maximum atomic E-state index is 12.3. The van der Waals surface area contributed by atoms with Crippen LogP contribution in [0.2, 0.25) is 0 Å². The molecule has 0 amide bonds. The van der Waals surface area contributed by atoms with Gasteiger partial charge in [0.2, 0.25) is 0 Å². The molecule has 2 aromatic rings. The van der Waals surface area contributed by atoms with E-state index in [-0.39, 0.29) is 12.0 Å². The highest BCUT2D eigenvalue weighted by molar-refractivity contribution is 5.71. The van der Waals surface area contributed by atoms with Gasteiger partial charge in [-0.25, -0.2) is 0 Å². The van der Waals surface area contributed by atoms with Crippen molar-refractivity contribution >= 4 is 5.97 Å². The smallest absolute Gasteiger partial charge is 0.320 e. The molecule has 25 heavy (non-hydrogen) atoms. The molecule has 3 heteroatoms. The average Bonchev–Trinajstić information content (AvgIpc) is 2.63. The van der Waals surface area contributed by atoms with Crippen molar-refractivity contribution in [2.75, 3.05) is 19.7 Å². The Balaban J connectivity index is 1.78. The Labute approximate surface area is 150 Å². The van der Waals surface area contributed by atoms with E-state index in [0.717, 1.165) is 19.4 Å². The van der Waals surface area contributed by atoms with Crippen LogP contribution in [0, 0.1) is 5.92 Å². The zero-order valence-corrected chi connectivity index (χ0v) is 15.2. The molecule has 0 N–H and O–H groups in total. The molecule has 0 radical (unpaired) electrons. The van der Waals surface area contributed by atoms with Crippen molar-refractivity contribution in [2.45, 2.75) is 32.7 Å². The third kappa shape index (κ3) is 4.70. The zero-order valence-electron chi connectivity index (χ0n) is 15.2. The van der Waals surface area contributed by atoms with Gasteiger partial charge in [-0.2, -0.15) is 0 Å². The summed E-state index contributed by atoms with van der Waals surface area (Å²) in [5.41, 5.74) is 4.04. The molecule has 0 aromatic heterocycles. The first-order valence-electron chi connectivity index (χ1n) is 9.15. The fourth-order valence-electron chi connectivity index (χ4n) is 3.44. The normalized spacial score (nSPS) is 17.3. The maximum Gasteiger partial charge on any atom is 0.320 e. The minimum Gasteiger partial charge on any atom is -0.464 e. The summed E-state index contributed by atoms with van der Waals surface area (Å²) in [6.07, 6.45) is 1.90. The van der Waals surface area contributed by atoms with Crippen molar-refractivity contribution in [1.29, 1.82) is 0 Å². The fourth-order valence-corrected chi connectivity index (χ4v) is 3.44. The lowest BCUT2D eigenvalue weighted by molar-refractivity contribution is -0.146. The minimum absolute atomic E-state index is 0.119. The minimum atomic E-state index is -0.119. The predicted octanol–water partition coefficient (Wildman–Crippen LogP) is 4.03. The Hall–Kier alpha value is -2.13. The summed E-state index contributed by atoms with van der Waals surface area (Å²) in [5, 5.41) is 0. The second-order valence-corrected chi connectivity index (χ2v) is 7.20. The Morgan fingerprint density at radius 3 is 2.60 bits per heavy atom. The molecule has 3 rings (SSSR count). The molecule has 0 fully saturated rings. The van der Waals surface area contributed by atoms with Gasteiger partial charge in [-0.1, -0.05) is 68.4 Å².